The lowest BCUT2D eigenvalue weighted by Gasteiger charge is -2.08. The average molecular weight is 269 g/mol. The van der Waals surface area contributed by atoms with E-state index in [1.807, 2.05) is 0 Å². The third kappa shape index (κ3) is 2.61. The van der Waals surface area contributed by atoms with Gasteiger partial charge in [-0.05, 0) is 25.8 Å². The van der Waals surface area contributed by atoms with Crippen LogP contribution in [0.3, 0.4) is 0 Å². The second-order valence-electron chi connectivity index (χ2n) is 4.37. The van der Waals surface area contributed by atoms with Gasteiger partial charge < -0.3 is 0 Å². The summed E-state index contributed by atoms with van der Waals surface area (Å²) in [5, 5.41) is 1.40. The predicted octanol–water partition coefficient (Wildman–Crippen LogP) is 4.26. The van der Waals surface area contributed by atoms with Crippen LogP contribution in [0.4, 0.5) is 0 Å². The van der Waals surface area contributed by atoms with Crippen LogP contribution in [0.2, 0.25) is 0 Å². The van der Waals surface area contributed by atoms with Crippen molar-refractivity contribution in [3.05, 3.63) is 22.5 Å². The quantitative estimate of drug-likeness (QED) is 0.775. The number of aryl methyl sites for hydroxylation is 2. The largest absolute Gasteiger partial charge is 0.241 e. The third-order valence-corrected chi connectivity index (χ3v) is 4.55. The lowest BCUT2D eigenvalue weighted by molar-refractivity contribution is 0.718. The predicted molar refractivity (Wildman–Crippen MR) is 75.1 cm³/mol. The van der Waals surface area contributed by atoms with Crippen molar-refractivity contribution in [2.45, 2.75) is 45.4 Å². The van der Waals surface area contributed by atoms with Crippen LogP contribution >= 0.6 is 22.9 Å². The summed E-state index contributed by atoms with van der Waals surface area (Å²) in [4.78, 5) is 11.2. The number of aromatic nitrogens is 2. The molecule has 0 fully saturated rings. The van der Waals surface area contributed by atoms with Crippen molar-refractivity contribution in [3.63, 3.8) is 0 Å². The van der Waals surface area contributed by atoms with E-state index in [4.69, 9.17) is 11.6 Å². The summed E-state index contributed by atoms with van der Waals surface area (Å²) < 4.78 is 0. The van der Waals surface area contributed by atoms with E-state index in [9.17, 15) is 0 Å². The number of thiophene rings is 1. The molecule has 0 saturated carbocycles. The minimum absolute atomic E-state index is 0.178. The van der Waals surface area contributed by atoms with Crippen LogP contribution in [0.25, 0.3) is 10.2 Å². The Kier molecular flexibility index (Phi) is 4.00. The zero-order valence-corrected chi connectivity index (χ0v) is 12.0. The van der Waals surface area contributed by atoms with Crippen molar-refractivity contribution in [3.8, 4) is 0 Å². The first kappa shape index (κ1) is 12.8. The summed E-state index contributed by atoms with van der Waals surface area (Å²) >= 11 is 8.06. The Balaban J connectivity index is 2.40. The molecule has 2 aromatic heterocycles. The average Bonchev–Trinajstić information content (AvgIpc) is 2.56. The number of halogens is 1. The van der Waals surface area contributed by atoms with Crippen molar-refractivity contribution in [2.24, 2.45) is 0 Å². The zero-order chi connectivity index (χ0) is 12.4. The SMILES string of the molecule is CCCC(Cl)Cc1ncnc2sc(C)c(C)c12. The molecule has 0 N–H and O–H groups in total. The number of nitrogens with zero attached hydrogens (tertiary/aromatic N) is 2. The molecule has 0 saturated heterocycles. The van der Waals surface area contributed by atoms with Gasteiger partial charge in [-0.1, -0.05) is 13.3 Å². The van der Waals surface area contributed by atoms with E-state index >= 15 is 0 Å². The molecule has 0 aromatic carbocycles. The molecule has 0 amide bonds. The highest BCUT2D eigenvalue weighted by molar-refractivity contribution is 7.18. The summed E-state index contributed by atoms with van der Waals surface area (Å²) in [5.74, 6) is 0. The topological polar surface area (TPSA) is 25.8 Å². The molecule has 2 nitrogen and oxygen atoms in total. The molecule has 0 spiro atoms. The monoisotopic (exact) mass is 268 g/mol. The summed E-state index contributed by atoms with van der Waals surface area (Å²) in [6.07, 6.45) is 4.65. The van der Waals surface area contributed by atoms with Gasteiger partial charge in [0.2, 0.25) is 0 Å². The standard InChI is InChI=1S/C13H17ClN2S/c1-4-5-10(14)6-11-12-8(2)9(3)17-13(12)16-7-15-11/h7,10H,4-6H2,1-3H3. The van der Waals surface area contributed by atoms with Crippen LogP contribution in [0.15, 0.2) is 6.33 Å². The summed E-state index contributed by atoms with van der Waals surface area (Å²) in [7, 11) is 0. The fourth-order valence-corrected chi connectivity index (χ4v) is 3.42. The molecule has 17 heavy (non-hydrogen) atoms. The Bertz CT molecular complexity index is 521. The molecule has 0 aliphatic carbocycles. The first-order valence-corrected chi connectivity index (χ1v) is 7.22. The lowest BCUT2D eigenvalue weighted by Crippen LogP contribution is -2.05. The highest BCUT2D eigenvalue weighted by Gasteiger charge is 2.14. The van der Waals surface area contributed by atoms with Gasteiger partial charge in [0.25, 0.3) is 0 Å². The maximum Gasteiger partial charge on any atom is 0.127 e. The van der Waals surface area contributed by atoms with Crippen molar-refractivity contribution in [1.82, 2.24) is 9.97 Å². The van der Waals surface area contributed by atoms with Crippen LogP contribution in [0.5, 0.6) is 0 Å². The molecular formula is C13H17ClN2S. The van der Waals surface area contributed by atoms with E-state index in [0.29, 0.717) is 0 Å². The van der Waals surface area contributed by atoms with Crippen LogP contribution in [-0.2, 0) is 6.42 Å². The zero-order valence-electron chi connectivity index (χ0n) is 10.5. The summed E-state index contributed by atoms with van der Waals surface area (Å²) in [6, 6.07) is 0. The highest BCUT2D eigenvalue weighted by atomic mass is 35.5. The van der Waals surface area contributed by atoms with Gasteiger partial charge in [-0.25, -0.2) is 9.97 Å². The number of rotatable bonds is 4. The fraction of sp³-hybridized carbons (Fsp3) is 0.538. The van der Waals surface area contributed by atoms with E-state index in [1.54, 1.807) is 17.7 Å². The maximum absolute atomic E-state index is 6.32. The number of alkyl halides is 1. The van der Waals surface area contributed by atoms with Gasteiger partial charge in [-0.15, -0.1) is 22.9 Å². The van der Waals surface area contributed by atoms with E-state index in [2.05, 4.69) is 30.7 Å². The Morgan fingerprint density at radius 3 is 2.82 bits per heavy atom. The molecule has 0 aliphatic rings. The lowest BCUT2D eigenvalue weighted by atomic mass is 10.1. The molecule has 0 radical (unpaired) electrons. The molecule has 1 unspecified atom stereocenters. The van der Waals surface area contributed by atoms with Gasteiger partial charge in [-0.2, -0.15) is 0 Å². The van der Waals surface area contributed by atoms with E-state index in [1.165, 1.54) is 15.8 Å². The van der Waals surface area contributed by atoms with Gasteiger partial charge in [0.1, 0.15) is 11.2 Å². The van der Waals surface area contributed by atoms with Crippen LogP contribution in [0.1, 0.15) is 35.9 Å². The summed E-state index contributed by atoms with van der Waals surface area (Å²) in [6.45, 7) is 6.44. The second kappa shape index (κ2) is 5.32. The van der Waals surface area contributed by atoms with Gasteiger partial charge in [-0.3, -0.25) is 0 Å². The number of fused-ring (bicyclic) bond motifs is 1. The Morgan fingerprint density at radius 2 is 2.12 bits per heavy atom. The fourth-order valence-electron chi connectivity index (χ4n) is 2.04. The normalized spacial score (nSPS) is 13.2. The molecular weight excluding hydrogens is 252 g/mol. The van der Waals surface area contributed by atoms with Crippen LogP contribution in [0, 0.1) is 13.8 Å². The molecule has 2 rings (SSSR count). The van der Waals surface area contributed by atoms with E-state index in [-0.39, 0.29) is 5.38 Å². The Morgan fingerprint density at radius 1 is 1.35 bits per heavy atom. The van der Waals surface area contributed by atoms with Crippen LogP contribution in [-0.4, -0.2) is 15.3 Å². The van der Waals surface area contributed by atoms with Gasteiger partial charge in [0.15, 0.2) is 0 Å². The number of hydrogen-bond acceptors (Lipinski definition) is 3. The molecule has 0 aliphatic heterocycles. The molecule has 4 heteroatoms. The van der Waals surface area contributed by atoms with Crippen molar-refractivity contribution < 1.29 is 0 Å². The third-order valence-electron chi connectivity index (χ3n) is 3.06. The van der Waals surface area contributed by atoms with Crippen molar-refractivity contribution in [1.29, 1.82) is 0 Å². The Hall–Kier alpha value is -0.670. The van der Waals surface area contributed by atoms with Gasteiger partial charge in [0, 0.05) is 22.1 Å². The molecule has 2 heterocycles. The smallest absolute Gasteiger partial charge is 0.127 e. The Labute approximate surface area is 111 Å². The minimum atomic E-state index is 0.178. The first-order valence-electron chi connectivity index (χ1n) is 5.97. The van der Waals surface area contributed by atoms with E-state index in [0.717, 1.165) is 29.8 Å². The number of hydrogen-bond donors (Lipinski definition) is 0. The van der Waals surface area contributed by atoms with Gasteiger partial charge >= 0.3 is 0 Å². The minimum Gasteiger partial charge on any atom is -0.241 e. The van der Waals surface area contributed by atoms with Crippen molar-refractivity contribution >= 4 is 33.2 Å². The summed E-state index contributed by atoms with van der Waals surface area (Å²) in [5.41, 5.74) is 2.41. The molecule has 1 atom stereocenters. The second-order valence-corrected chi connectivity index (χ2v) is 6.19. The first-order chi connectivity index (χ1) is 8.13. The van der Waals surface area contributed by atoms with Gasteiger partial charge in [0.05, 0.1) is 5.69 Å². The van der Waals surface area contributed by atoms with Crippen LogP contribution < -0.4 is 0 Å². The van der Waals surface area contributed by atoms with Crippen molar-refractivity contribution in [2.75, 3.05) is 0 Å². The van der Waals surface area contributed by atoms with E-state index < -0.39 is 0 Å². The highest BCUT2D eigenvalue weighted by Crippen LogP contribution is 2.31. The molecule has 92 valence electrons. The molecule has 0 bridgehead atoms. The maximum atomic E-state index is 6.32. The molecule has 2 aromatic rings.